The van der Waals surface area contributed by atoms with E-state index in [1.54, 1.807) is 0 Å². The van der Waals surface area contributed by atoms with Crippen LogP contribution in [-0.4, -0.2) is 37.1 Å². The molecule has 0 bridgehead atoms. The molecule has 1 N–H and O–H groups in total. The number of carbonyl (C=O) groups excluding carboxylic acids is 1. The van der Waals surface area contributed by atoms with Crippen molar-refractivity contribution in [3.8, 4) is 0 Å². The van der Waals surface area contributed by atoms with Gasteiger partial charge in [0, 0.05) is 18.4 Å². The zero-order valence-electron chi connectivity index (χ0n) is 21.4. The Labute approximate surface area is 209 Å². The quantitative estimate of drug-likeness (QED) is 0.547. The van der Waals surface area contributed by atoms with Crippen LogP contribution in [0.2, 0.25) is 0 Å². The number of fused-ring (bicyclic) bond motifs is 6. The third-order valence-electron chi connectivity index (χ3n) is 11.9. The molecule has 5 heteroatoms. The molecular weight excluding hydrogens is 438 g/mol. The van der Waals surface area contributed by atoms with Gasteiger partial charge in [-0.2, -0.15) is 0 Å². The molecule has 4 aliphatic carbocycles. The minimum Gasteiger partial charge on any atom is -0.456 e. The number of ether oxygens (including phenoxy) is 3. The van der Waals surface area contributed by atoms with Crippen LogP contribution in [0, 0.1) is 34.5 Å². The molecule has 0 unspecified atom stereocenters. The van der Waals surface area contributed by atoms with Crippen molar-refractivity contribution in [2.24, 2.45) is 34.5 Å². The van der Waals surface area contributed by atoms with Crippen molar-refractivity contribution in [1.82, 2.24) is 5.32 Å². The van der Waals surface area contributed by atoms with Crippen molar-refractivity contribution >= 4 is 5.97 Å². The first-order chi connectivity index (χ1) is 16.9. The number of carbonyl (C=O) groups is 1. The van der Waals surface area contributed by atoms with E-state index in [9.17, 15) is 4.79 Å². The van der Waals surface area contributed by atoms with Crippen LogP contribution in [0.15, 0.2) is 30.3 Å². The lowest BCUT2D eigenvalue weighted by Crippen LogP contribution is -2.61. The summed E-state index contributed by atoms with van der Waals surface area (Å²) in [5, 5.41) is 3.57. The van der Waals surface area contributed by atoms with Gasteiger partial charge < -0.3 is 14.2 Å². The number of nitrogens with one attached hydrogen (secondary N) is 1. The summed E-state index contributed by atoms with van der Waals surface area (Å²) in [6.07, 6.45) is 10.6. The maximum atomic E-state index is 13.1. The molecule has 2 aliphatic heterocycles. The van der Waals surface area contributed by atoms with Gasteiger partial charge in [0.2, 0.25) is 0 Å². The molecule has 0 radical (unpaired) electrons. The summed E-state index contributed by atoms with van der Waals surface area (Å²) in [7, 11) is 0. The number of hydrogen-bond acceptors (Lipinski definition) is 5. The third-order valence-corrected chi connectivity index (χ3v) is 11.9. The molecule has 2 saturated heterocycles. The van der Waals surface area contributed by atoms with E-state index in [1.165, 1.54) is 38.5 Å². The molecule has 0 aromatic heterocycles. The first-order valence-electron chi connectivity index (χ1n) is 14.2. The van der Waals surface area contributed by atoms with Crippen LogP contribution in [-0.2, 0) is 19.0 Å². The van der Waals surface area contributed by atoms with Crippen molar-refractivity contribution < 1.29 is 19.0 Å². The minimum absolute atomic E-state index is 0.0963. The number of rotatable bonds is 1. The Balaban J connectivity index is 1.08. The Kier molecular flexibility index (Phi) is 5.06. The molecular formula is C30H41NO4. The van der Waals surface area contributed by atoms with Crippen molar-refractivity contribution in [3.63, 3.8) is 0 Å². The SMILES string of the molecule is C[C@]12CC[C@]3(CN[C@H](c4ccccc4)C(=O)O3)C[C@@H]1CC[C@@H]1[C@@H]2CC[C@@]2(C)[C@H]1CCC21OCCO1. The van der Waals surface area contributed by atoms with E-state index in [4.69, 9.17) is 14.2 Å². The first-order valence-corrected chi connectivity index (χ1v) is 14.2. The van der Waals surface area contributed by atoms with E-state index in [0.717, 1.165) is 56.4 Å². The van der Waals surface area contributed by atoms with Crippen LogP contribution in [0.4, 0.5) is 0 Å². The smallest absolute Gasteiger partial charge is 0.328 e. The molecule has 4 saturated carbocycles. The molecule has 1 aromatic rings. The lowest BCUT2D eigenvalue weighted by molar-refractivity contribution is -0.250. The Morgan fingerprint density at radius 1 is 0.886 bits per heavy atom. The van der Waals surface area contributed by atoms with E-state index >= 15 is 0 Å². The molecule has 35 heavy (non-hydrogen) atoms. The van der Waals surface area contributed by atoms with Gasteiger partial charge in [-0.1, -0.05) is 44.2 Å². The topological polar surface area (TPSA) is 56.8 Å². The van der Waals surface area contributed by atoms with Crippen LogP contribution in [0.5, 0.6) is 0 Å². The Morgan fingerprint density at radius 3 is 2.43 bits per heavy atom. The van der Waals surface area contributed by atoms with E-state index in [2.05, 4.69) is 19.2 Å². The zero-order valence-corrected chi connectivity index (χ0v) is 21.4. The highest BCUT2D eigenvalue weighted by molar-refractivity contribution is 5.79. The van der Waals surface area contributed by atoms with Gasteiger partial charge in [0.1, 0.15) is 11.6 Å². The summed E-state index contributed by atoms with van der Waals surface area (Å²) in [6.45, 7) is 7.36. The Bertz CT molecular complexity index is 991. The Morgan fingerprint density at radius 2 is 1.66 bits per heavy atom. The standard InChI is InChI=1S/C30H41NO4/c1-27-14-15-29(19-31-25(26(32)35-29)20-6-4-3-5-7-20)18-21(27)8-9-22-23(27)10-12-28(2)24(22)11-13-30(28)33-16-17-34-30/h3-7,21-25,31H,8-19H2,1-2H3/t21-,22+,23-,24-,25+,27-,28-,29+/m0/s1. The van der Waals surface area contributed by atoms with Crippen LogP contribution < -0.4 is 5.32 Å². The van der Waals surface area contributed by atoms with Gasteiger partial charge in [-0.3, -0.25) is 5.32 Å². The van der Waals surface area contributed by atoms with Crippen LogP contribution in [0.25, 0.3) is 0 Å². The van der Waals surface area contributed by atoms with Gasteiger partial charge >= 0.3 is 5.97 Å². The summed E-state index contributed by atoms with van der Waals surface area (Å²) < 4.78 is 19.0. The molecule has 5 nitrogen and oxygen atoms in total. The van der Waals surface area contributed by atoms with Gasteiger partial charge in [0.05, 0.1) is 13.2 Å². The molecule has 1 aromatic carbocycles. The number of morpholine rings is 1. The normalized spacial score (nSPS) is 48.3. The summed E-state index contributed by atoms with van der Waals surface area (Å²) >= 11 is 0. The summed E-state index contributed by atoms with van der Waals surface area (Å²) in [5.74, 6) is 2.51. The molecule has 0 amide bonds. The lowest BCUT2D eigenvalue weighted by Gasteiger charge is -2.63. The summed E-state index contributed by atoms with van der Waals surface area (Å²) in [4.78, 5) is 13.1. The van der Waals surface area contributed by atoms with Gasteiger partial charge in [-0.25, -0.2) is 4.79 Å². The predicted octanol–water partition coefficient (Wildman–Crippen LogP) is 5.40. The molecule has 8 atom stereocenters. The van der Waals surface area contributed by atoms with Gasteiger partial charge in [-0.15, -0.1) is 0 Å². The van der Waals surface area contributed by atoms with Gasteiger partial charge in [0.15, 0.2) is 5.79 Å². The second-order valence-corrected chi connectivity index (χ2v) is 13.1. The highest BCUT2D eigenvalue weighted by Gasteiger charge is 2.68. The van der Waals surface area contributed by atoms with Crippen molar-refractivity contribution in [2.45, 2.75) is 89.1 Å². The summed E-state index contributed by atoms with van der Waals surface area (Å²) in [5.41, 5.74) is 1.19. The van der Waals surface area contributed by atoms with E-state index < -0.39 is 0 Å². The van der Waals surface area contributed by atoms with Crippen LogP contribution >= 0.6 is 0 Å². The monoisotopic (exact) mass is 479 g/mol. The molecule has 7 rings (SSSR count). The lowest BCUT2D eigenvalue weighted by atomic mass is 9.44. The molecule has 6 aliphatic rings. The number of benzene rings is 1. The average molecular weight is 480 g/mol. The fourth-order valence-electron chi connectivity index (χ4n) is 10.0. The van der Waals surface area contributed by atoms with Gasteiger partial charge in [0.25, 0.3) is 0 Å². The third kappa shape index (κ3) is 3.13. The maximum Gasteiger partial charge on any atom is 0.328 e. The summed E-state index contributed by atoms with van der Waals surface area (Å²) in [6, 6.07) is 9.67. The second kappa shape index (κ2) is 7.79. The fourth-order valence-corrected chi connectivity index (χ4v) is 10.0. The van der Waals surface area contributed by atoms with E-state index in [1.807, 2.05) is 30.3 Å². The van der Waals surface area contributed by atoms with E-state index in [-0.39, 0.29) is 28.8 Å². The Hall–Kier alpha value is -1.43. The average Bonchev–Trinajstić information content (AvgIpc) is 3.46. The molecule has 2 heterocycles. The van der Waals surface area contributed by atoms with Crippen LogP contribution in [0.3, 0.4) is 0 Å². The number of esters is 1. The van der Waals surface area contributed by atoms with Crippen molar-refractivity contribution in [1.29, 1.82) is 0 Å². The highest BCUT2D eigenvalue weighted by atomic mass is 16.7. The molecule has 190 valence electrons. The fraction of sp³-hybridized carbons (Fsp3) is 0.767. The van der Waals surface area contributed by atoms with E-state index in [0.29, 0.717) is 17.3 Å². The maximum absolute atomic E-state index is 13.1. The van der Waals surface area contributed by atoms with Crippen molar-refractivity contribution in [2.75, 3.05) is 19.8 Å². The van der Waals surface area contributed by atoms with Crippen molar-refractivity contribution in [3.05, 3.63) is 35.9 Å². The second-order valence-electron chi connectivity index (χ2n) is 13.1. The van der Waals surface area contributed by atoms with Crippen LogP contribution in [0.1, 0.15) is 83.2 Å². The molecule has 6 fully saturated rings. The van der Waals surface area contributed by atoms with Gasteiger partial charge in [-0.05, 0) is 86.0 Å². The first kappa shape index (κ1) is 22.7. The largest absolute Gasteiger partial charge is 0.456 e. The minimum atomic E-state index is -0.336. The highest BCUT2D eigenvalue weighted by Crippen LogP contribution is 2.70. The predicted molar refractivity (Wildman–Crippen MR) is 132 cm³/mol. The number of hydrogen-bond donors (Lipinski definition) is 1. The molecule has 2 spiro atoms. The zero-order chi connectivity index (χ0) is 23.9.